The number of aromatic nitrogens is 4. The summed E-state index contributed by atoms with van der Waals surface area (Å²) < 4.78 is 32.0. The summed E-state index contributed by atoms with van der Waals surface area (Å²) >= 11 is 0. The Kier molecular flexibility index (Phi) is 5.39. The summed E-state index contributed by atoms with van der Waals surface area (Å²) in [5.74, 6) is -3.31. The third-order valence-electron chi connectivity index (χ3n) is 8.77. The number of hydrogen-bond donors (Lipinski definition) is 4. The van der Waals surface area contributed by atoms with Crippen LogP contribution in [-0.2, 0) is 7.05 Å². The molecule has 1 aliphatic heterocycles. The summed E-state index contributed by atoms with van der Waals surface area (Å²) in [5.41, 5.74) is 8.47. The van der Waals surface area contributed by atoms with E-state index in [1.165, 1.54) is 10.8 Å². The Balaban J connectivity index is 1.56. The van der Waals surface area contributed by atoms with Gasteiger partial charge in [-0.1, -0.05) is 0 Å². The highest BCUT2D eigenvalue weighted by molar-refractivity contribution is 6.18. The second-order valence-electron chi connectivity index (χ2n) is 11.2. The van der Waals surface area contributed by atoms with Crippen LogP contribution < -0.4 is 21.4 Å². The first kappa shape index (κ1) is 25.4. The van der Waals surface area contributed by atoms with Crippen molar-refractivity contribution in [1.29, 1.82) is 0 Å². The molecular formula is C29H27F2N7O3. The number of aryl methyl sites for hydroxylation is 1. The Morgan fingerprint density at radius 2 is 2.02 bits per heavy atom. The van der Waals surface area contributed by atoms with Gasteiger partial charge in [0.2, 0.25) is 5.43 Å². The summed E-state index contributed by atoms with van der Waals surface area (Å²) in [6.07, 6.45) is 7.20. The lowest BCUT2D eigenvalue weighted by atomic mass is 9.92. The molecule has 5 aromatic rings. The number of carboxylic acids is 1. The molecule has 41 heavy (non-hydrogen) atoms. The van der Waals surface area contributed by atoms with Crippen molar-refractivity contribution in [2.24, 2.45) is 18.2 Å². The number of H-pyrrole nitrogens is 1. The number of carboxylic acid groups (broad SMARTS) is 1. The van der Waals surface area contributed by atoms with E-state index in [-0.39, 0.29) is 27.8 Å². The van der Waals surface area contributed by atoms with E-state index < -0.39 is 23.0 Å². The number of fused-ring (bicyclic) bond motifs is 4. The lowest BCUT2D eigenvalue weighted by molar-refractivity contribution is 0.0695. The third kappa shape index (κ3) is 3.63. The van der Waals surface area contributed by atoms with Crippen LogP contribution in [0.25, 0.3) is 44.1 Å². The second-order valence-corrected chi connectivity index (χ2v) is 11.2. The van der Waals surface area contributed by atoms with Crippen LogP contribution >= 0.6 is 0 Å². The van der Waals surface area contributed by atoms with Gasteiger partial charge in [0.05, 0.1) is 33.1 Å². The molecule has 1 aromatic carbocycles. The van der Waals surface area contributed by atoms with Crippen LogP contribution in [0.2, 0.25) is 0 Å². The van der Waals surface area contributed by atoms with Crippen LogP contribution in [0, 0.1) is 17.0 Å². The molecule has 5 N–H and O–H groups in total. The zero-order valence-corrected chi connectivity index (χ0v) is 22.4. The number of anilines is 2. The first-order valence-corrected chi connectivity index (χ1v) is 13.4. The molecule has 10 nitrogen and oxygen atoms in total. The first-order chi connectivity index (χ1) is 19.6. The molecule has 1 spiro atoms. The molecule has 0 amide bonds. The van der Waals surface area contributed by atoms with Gasteiger partial charge in [0, 0.05) is 74.4 Å². The molecule has 7 rings (SSSR count). The number of halogens is 2. The van der Waals surface area contributed by atoms with Crippen LogP contribution in [0.5, 0.6) is 0 Å². The molecule has 12 heteroatoms. The SMILES string of the molecule is CNc1cc(F)c(F)c2c1[nH]c1ncc(-c3cnc4c(c3)c(=O)c(C(=O)O)cn4C)c(N3CCC[C@@]4(C[C@H]4N)C3)c12. The van der Waals surface area contributed by atoms with Gasteiger partial charge in [-0.25, -0.2) is 23.5 Å². The quantitative estimate of drug-likeness (QED) is 0.259. The molecule has 210 valence electrons. The number of benzene rings is 1. The normalized spacial score (nSPS) is 20.4. The van der Waals surface area contributed by atoms with Crippen LogP contribution in [0.1, 0.15) is 29.6 Å². The van der Waals surface area contributed by atoms with Gasteiger partial charge in [0.15, 0.2) is 11.6 Å². The van der Waals surface area contributed by atoms with E-state index in [4.69, 9.17) is 5.73 Å². The molecule has 2 atom stereocenters. The van der Waals surface area contributed by atoms with Gasteiger partial charge in [-0.05, 0) is 25.3 Å². The van der Waals surface area contributed by atoms with E-state index in [9.17, 15) is 19.1 Å². The van der Waals surface area contributed by atoms with Crippen LogP contribution in [0.15, 0.2) is 35.5 Å². The van der Waals surface area contributed by atoms with Crippen molar-refractivity contribution >= 4 is 50.3 Å². The molecule has 2 fully saturated rings. The number of nitrogens with zero attached hydrogens (tertiary/aromatic N) is 4. The molecule has 0 unspecified atom stereocenters. The zero-order valence-electron chi connectivity index (χ0n) is 22.4. The smallest absolute Gasteiger partial charge is 0.341 e. The number of carbonyl (C=O) groups is 1. The number of aromatic carboxylic acids is 1. The molecule has 0 bridgehead atoms. The summed E-state index contributed by atoms with van der Waals surface area (Å²) in [5, 5.41) is 13.1. The van der Waals surface area contributed by atoms with Gasteiger partial charge < -0.3 is 30.6 Å². The highest BCUT2D eigenvalue weighted by Crippen LogP contribution is 2.53. The minimum Gasteiger partial charge on any atom is -0.477 e. The van der Waals surface area contributed by atoms with Gasteiger partial charge in [0.1, 0.15) is 16.9 Å². The standard InChI is InChI=1S/C29H27F2N7O3/c1-33-18-7-17(30)22(31)20-21-24(38-5-3-4-29(12-38)8-19(29)32)15(10-34-26(21)36-23(18)20)13-6-14-25(39)16(28(40)41)11-37(2)27(14)35-9-13/h6-7,9-11,19,33H,3-5,8,12,32H2,1-2H3,(H,34,36)(H,40,41)/t19-,29-/m1/s1. The van der Waals surface area contributed by atoms with Gasteiger partial charge in [-0.2, -0.15) is 0 Å². The van der Waals surface area contributed by atoms with Gasteiger partial charge in [-0.15, -0.1) is 0 Å². The van der Waals surface area contributed by atoms with E-state index in [1.54, 1.807) is 32.6 Å². The summed E-state index contributed by atoms with van der Waals surface area (Å²) in [7, 11) is 3.25. The lowest BCUT2D eigenvalue weighted by Crippen LogP contribution is -2.39. The molecule has 5 heterocycles. The van der Waals surface area contributed by atoms with Crippen molar-refractivity contribution in [2.75, 3.05) is 30.4 Å². The van der Waals surface area contributed by atoms with E-state index in [0.29, 0.717) is 57.8 Å². The average Bonchev–Trinajstić information content (AvgIpc) is 3.38. The van der Waals surface area contributed by atoms with Crippen LogP contribution in [-0.4, -0.2) is 56.8 Å². The Bertz CT molecular complexity index is 2000. The Morgan fingerprint density at radius 3 is 2.73 bits per heavy atom. The number of rotatable bonds is 4. The maximum Gasteiger partial charge on any atom is 0.341 e. The van der Waals surface area contributed by atoms with E-state index in [0.717, 1.165) is 25.3 Å². The Hall–Kier alpha value is -4.58. The molecule has 0 radical (unpaired) electrons. The van der Waals surface area contributed by atoms with E-state index in [1.807, 2.05) is 0 Å². The van der Waals surface area contributed by atoms with E-state index in [2.05, 4.69) is 25.2 Å². The van der Waals surface area contributed by atoms with Crippen molar-refractivity contribution in [3.8, 4) is 11.1 Å². The van der Waals surface area contributed by atoms with Gasteiger partial charge in [-0.3, -0.25) is 4.79 Å². The fourth-order valence-electron chi connectivity index (χ4n) is 6.54. The number of nitrogens with one attached hydrogen (secondary N) is 2. The van der Waals surface area contributed by atoms with Crippen molar-refractivity contribution < 1.29 is 18.7 Å². The predicted molar refractivity (Wildman–Crippen MR) is 152 cm³/mol. The number of pyridine rings is 3. The first-order valence-electron chi connectivity index (χ1n) is 13.4. The fourth-order valence-corrected chi connectivity index (χ4v) is 6.54. The maximum atomic E-state index is 15.6. The third-order valence-corrected chi connectivity index (χ3v) is 8.77. The molecule has 2 aliphatic rings. The monoisotopic (exact) mass is 559 g/mol. The number of piperidine rings is 1. The minimum absolute atomic E-state index is 0.0505. The van der Waals surface area contributed by atoms with Gasteiger partial charge in [0.25, 0.3) is 0 Å². The number of hydrogen-bond acceptors (Lipinski definition) is 7. The lowest BCUT2D eigenvalue weighted by Gasteiger charge is -2.36. The summed E-state index contributed by atoms with van der Waals surface area (Å²) in [6.45, 7) is 1.30. The van der Waals surface area contributed by atoms with Gasteiger partial charge >= 0.3 is 5.97 Å². The molecule has 4 aromatic heterocycles. The molecule has 1 saturated carbocycles. The van der Waals surface area contributed by atoms with Crippen molar-refractivity contribution in [2.45, 2.75) is 25.3 Å². The maximum absolute atomic E-state index is 15.6. The van der Waals surface area contributed by atoms with Crippen LogP contribution in [0.3, 0.4) is 0 Å². The Morgan fingerprint density at radius 1 is 1.24 bits per heavy atom. The van der Waals surface area contributed by atoms with Crippen molar-refractivity contribution in [3.05, 3.63) is 58.1 Å². The highest BCUT2D eigenvalue weighted by Gasteiger charge is 2.54. The summed E-state index contributed by atoms with van der Waals surface area (Å²) in [6, 6.07) is 2.77. The molecule has 1 aliphatic carbocycles. The summed E-state index contributed by atoms with van der Waals surface area (Å²) in [4.78, 5) is 39.3. The van der Waals surface area contributed by atoms with Crippen molar-refractivity contribution in [3.63, 3.8) is 0 Å². The largest absolute Gasteiger partial charge is 0.477 e. The number of nitrogens with two attached hydrogens (primary N) is 1. The van der Waals surface area contributed by atoms with E-state index >= 15 is 4.39 Å². The van der Waals surface area contributed by atoms with Crippen molar-refractivity contribution in [1.82, 2.24) is 19.5 Å². The predicted octanol–water partition coefficient (Wildman–Crippen LogP) is 3.97. The fraction of sp³-hybridized carbons (Fsp3) is 0.310. The molecular weight excluding hydrogens is 532 g/mol. The van der Waals surface area contributed by atoms with Crippen LogP contribution in [0.4, 0.5) is 20.2 Å². The molecule has 1 saturated heterocycles. The minimum atomic E-state index is -1.34. The topological polar surface area (TPSA) is 142 Å². The zero-order chi connectivity index (χ0) is 28.8. The number of aromatic amines is 1. The highest BCUT2D eigenvalue weighted by atomic mass is 19.2. The second kappa shape index (κ2) is 8.71. The Labute approximate surface area is 231 Å². The average molecular weight is 560 g/mol.